The Hall–Kier alpha value is -1.13. The fourth-order valence-electron chi connectivity index (χ4n) is 2.16. The van der Waals surface area contributed by atoms with E-state index >= 15 is 0 Å². The average Bonchev–Trinajstić information content (AvgIpc) is 2.99. The molecule has 4 heteroatoms. The molecule has 98 valence electrons. The predicted molar refractivity (Wildman–Crippen MR) is 77.2 cm³/mol. The standard InChI is InChI=1S/C14H21N3S/c1-4-12-8-14(17(3)16-12)9-13(15-2)7-11-5-6-18-10-11/h5-6,8,10,13,15H,4,7,9H2,1-3H3. The van der Waals surface area contributed by atoms with E-state index in [1.807, 2.05) is 18.8 Å². The van der Waals surface area contributed by atoms with E-state index in [-0.39, 0.29) is 0 Å². The topological polar surface area (TPSA) is 29.9 Å². The highest BCUT2D eigenvalue weighted by molar-refractivity contribution is 7.07. The second kappa shape index (κ2) is 6.16. The van der Waals surface area contributed by atoms with Crippen molar-refractivity contribution in [2.24, 2.45) is 7.05 Å². The lowest BCUT2D eigenvalue weighted by molar-refractivity contribution is 0.534. The minimum Gasteiger partial charge on any atom is -0.316 e. The van der Waals surface area contributed by atoms with Gasteiger partial charge in [0.25, 0.3) is 0 Å². The Kier molecular flexibility index (Phi) is 4.55. The summed E-state index contributed by atoms with van der Waals surface area (Å²) in [6.45, 7) is 2.15. The molecular formula is C14H21N3S. The second-order valence-corrected chi connectivity index (χ2v) is 5.41. The monoisotopic (exact) mass is 263 g/mol. The first-order chi connectivity index (χ1) is 8.72. The van der Waals surface area contributed by atoms with Crippen LogP contribution in [0.5, 0.6) is 0 Å². The number of thiophene rings is 1. The first-order valence-electron chi connectivity index (χ1n) is 6.43. The quantitative estimate of drug-likeness (QED) is 0.867. The van der Waals surface area contributed by atoms with Crippen molar-refractivity contribution in [1.82, 2.24) is 15.1 Å². The normalized spacial score (nSPS) is 12.8. The number of rotatable bonds is 6. The largest absolute Gasteiger partial charge is 0.316 e. The van der Waals surface area contributed by atoms with Gasteiger partial charge >= 0.3 is 0 Å². The van der Waals surface area contributed by atoms with Gasteiger partial charge < -0.3 is 5.32 Å². The highest BCUT2D eigenvalue weighted by Crippen LogP contribution is 2.13. The van der Waals surface area contributed by atoms with Crippen molar-refractivity contribution < 1.29 is 0 Å². The molecule has 2 rings (SSSR count). The van der Waals surface area contributed by atoms with Crippen LogP contribution in [0.25, 0.3) is 0 Å². The molecule has 2 aromatic rings. The van der Waals surface area contributed by atoms with Gasteiger partial charge in [-0.25, -0.2) is 0 Å². The summed E-state index contributed by atoms with van der Waals surface area (Å²) >= 11 is 1.76. The Morgan fingerprint density at radius 3 is 2.83 bits per heavy atom. The van der Waals surface area contributed by atoms with E-state index in [9.17, 15) is 0 Å². The molecule has 1 N–H and O–H groups in total. The van der Waals surface area contributed by atoms with Crippen molar-refractivity contribution in [2.45, 2.75) is 32.2 Å². The molecule has 0 saturated heterocycles. The number of hydrogen-bond donors (Lipinski definition) is 1. The molecule has 0 radical (unpaired) electrons. The van der Waals surface area contributed by atoms with Crippen molar-refractivity contribution in [3.05, 3.63) is 39.8 Å². The van der Waals surface area contributed by atoms with E-state index < -0.39 is 0 Å². The van der Waals surface area contributed by atoms with E-state index in [0.29, 0.717) is 6.04 Å². The van der Waals surface area contributed by atoms with Crippen molar-refractivity contribution in [2.75, 3.05) is 7.05 Å². The lowest BCUT2D eigenvalue weighted by atomic mass is 10.0. The number of nitrogens with one attached hydrogen (secondary N) is 1. The molecule has 1 unspecified atom stereocenters. The molecule has 0 amide bonds. The molecule has 0 bridgehead atoms. The van der Waals surface area contributed by atoms with Crippen molar-refractivity contribution in [3.63, 3.8) is 0 Å². The molecule has 0 saturated carbocycles. The van der Waals surface area contributed by atoms with Gasteiger partial charge in [-0.3, -0.25) is 4.68 Å². The van der Waals surface area contributed by atoms with Gasteiger partial charge in [-0.05, 0) is 48.3 Å². The van der Waals surface area contributed by atoms with E-state index in [4.69, 9.17) is 0 Å². The van der Waals surface area contributed by atoms with Crippen molar-refractivity contribution in [3.8, 4) is 0 Å². The molecular weight excluding hydrogens is 242 g/mol. The number of aromatic nitrogens is 2. The van der Waals surface area contributed by atoms with Crippen LogP contribution in [0.15, 0.2) is 22.9 Å². The fraction of sp³-hybridized carbons (Fsp3) is 0.500. The third-order valence-corrected chi connectivity index (χ3v) is 4.05. The van der Waals surface area contributed by atoms with Gasteiger partial charge in [-0.1, -0.05) is 6.92 Å². The summed E-state index contributed by atoms with van der Waals surface area (Å²) in [5.41, 5.74) is 3.90. The molecule has 1 atom stereocenters. The van der Waals surface area contributed by atoms with Gasteiger partial charge in [-0.2, -0.15) is 16.4 Å². The molecule has 0 aliphatic heterocycles. The van der Waals surface area contributed by atoms with Gasteiger partial charge in [0, 0.05) is 25.2 Å². The Bertz CT molecular complexity index is 473. The SMILES string of the molecule is CCc1cc(CC(Cc2ccsc2)NC)n(C)n1. The molecule has 0 aliphatic rings. The third kappa shape index (κ3) is 3.21. The Labute approximate surface area is 113 Å². The van der Waals surface area contributed by atoms with Crippen LogP contribution in [0.2, 0.25) is 0 Å². The lowest BCUT2D eigenvalue weighted by Crippen LogP contribution is -2.30. The highest BCUT2D eigenvalue weighted by atomic mass is 32.1. The smallest absolute Gasteiger partial charge is 0.0624 e. The molecule has 0 aromatic carbocycles. The maximum atomic E-state index is 4.50. The summed E-state index contributed by atoms with van der Waals surface area (Å²) < 4.78 is 2.01. The molecule has 0 fully saturated rings. The number of likely N-dealkylation sites (N-methyl/N-ethyl adjacent to an activating group) is 1. The minimum atomic E-state index is 0.472. The second-order valence-electron chi connectivity index (χ2n) is 4.63. The number of aryl methyl sites for hydroxylation is 2. The van der Waals surface area contributed by atoms with E-state index in [0.717, 1.165) is 19.3 Å². The van der Waals surface area contributed by atoms with Gasteiger partial charge in [-0.15, -0.1) is 0 Å². The van der Waals surface area contributed by atoms with Crippen LogP contribution in [0.3, 0.4) is 0 Å². The maximum absolute atomic E-state index is 4.50. The van der Waals surface area contributed by atoms with E-state index in [2.05, 4.69) is 40.2 Å². The van der Waals surface area contributed by atoms with Crippen LogP contribution in [0.4, 0.5) is 0 Å². The summed E-state index contributed by atoms with van der Waals surface area (Å²) in [5.74, 6) is 0. The lowest BCUT2D eigenvalue weighted by Gasteiger charge is -2.15. The zero-order chi connectivity index (χ0) is 13.0. The number of hydrogen-bond acceptors (Lipinski definition) is 3. The molecule has 2 aromatic heterocycles. The summed E-state index contributed by atoms with van der Waals surface area (Å²) in [6, 6.07) is 4.90. The highest BCUT2D eigenvalue weighted by Gasteiger charge is 2.12. The van der Waals surface area contributed by atoms with Gasteiger partial charge in [0.1, 0.15) is 0 Å². The molecule has 3 nitrogen and oxygen atoms in total. The van der Waals surface area contributed by atoms with Crippen LogP contribution >= 0.6 is 11.3 Å². The van der Waals surface area contributed by atoms with Gasteiger partial charge in [0.2, 0.25) is 0 Å². The van der Waals surface area contributed by atoms with Crippen LogP contribution in [-0.4, -0.2) is 22.9 Å². The average molecular weight is 263 g/mol. The van der Waals surface area contributed by atoms with E-state index in [1.54, 1.807) is 11.3 Å². The Balaban J connectivity index is 2.03. The summed E-state index contributed by atoms with van der Waals surface area (Å²) in [7, 11) is 4.07. The summed E-state index contributed by atoms with van der Waals surface area (Å²) in [6.07, 6.45) is 3.10. The van der Waals surface area contributed by atoms with Crippen molar-refractivity contribution in [1.29, 1.82) is 0 Å². The van der Waals surface area contributed by atoms with Gasteiger partial charge in [0.15, 0.2) is 0 Å². The van der Waals surface area contributed by atoms with Crippen LogP contribution in [0.1, 0.15) is 23.9 Å². The first kappa shape index (κ1) is 13.3. The predicted octanol–water partition coefficient (Wildman–Crippen LogP) is 2.42. The summed E-state index contributed by atoms with van der Waals surface area (Å²) in [5, 5.41) is 12.3. The van der Waals surface area contributed by atoms with Crippen LogP contribution in [-0.2, 0) is 26.3 Å². The zero-order valence-electron chi connectivity index (χ0n) is 11.3. The minimum absolute atomic E-state index is 0.472. The molecule has 2 heterocycles. The maximum Gasteiger partial charge on any atom is 0.0624 e. The fourth-order valence-corrected chi connectivity index (χ4v) is 2.84. The molecule has 0 spiro atoms. The van der Waals surface area contributed by atoms with E-state index in [1.165, 1.54) is 17.0 Å². The number of nitrogens with zero attached hydrogens (tertiary/aromatic N) is 2. The Morgan fingerprint density at radius 2 is 2.28 bits per heavy atom. The summed E-state index contributed by atoms with van der Waals surface area (Å²) in [4.78, 5) is 0. The molecule has 0 aliphatic carbocycles. The molecule has 18 heavy (non-hydrogen) atoms. The van der Waals surface area contributed by atoms with Crippen LogP contribution < -0.4 is 5.32 Å². The zero-order valence-corrected chi connectivity index (χ0v) is 12.1. The Morgan fingerprint density at radius 1 is 1.44 bits per heavy atom. The third-order valence-electron chi connectivity index (χ3n) is 3.32. The first-order valence-corrected chi connectivity index (χ1v) is 7.37. The van der Waals surface area contributed by atoms with Gasteiger partial charge in [0.05, 0.1) is 5.69 Å². The van der Waals surface area contributed by atoms with Crippen molar-refractivity contribution >= 4 is 11.3 Å². The van der Waals surface area contributed by atoms with Crippen LogP contribution in [0, 0.1) is 0 Å².